The maximum absolute atomic E-state index is 13.8. The topological polar surface area (TPSA) is 108 Å². The highest BCUT2D eigenvalue weighted by Gasteiger charge is 2.24. The number of imidazole rings is 1. The van der Waals surface area contributed by atoms with E-state index in [4.69, 9.17) is 20.7 Å². The Kier molecular flexibility index (Phi) is 6.32. The summed E-state index contributed by atoms with van der Waals surface area (Å²) in [6, 6.07) is 18.0. The van der Waals surface area contributed by atoms with Gasteiger partial charge >= 0.3 is 0 Å². The number of aromatic nitrogens is 6. The van der Waals surface area contributed by atoms with E-state index in [1.165, 1.54) is 4.68 Å². The highest BCUT2D eigenvalue weighted by Crippen LogP contribution is 2.26. The van der Waals surface area contributed by atoms with Crippen LogP contribution < -0.4 is 16.2 Å². The number of anilines is 1. The van der Waals surface area contributed by atoms with E-state index in [1.807, 2.05) is 59.2 Å². The van der Waals surface area contributed by atoms with Gasteiger partial charge in [-0.25, -0.2) is 19.6 Å². The second-order valence-corrected chi connectivity index (χ2v) is 9.49. The molecule has 2 aromatic carbocycles. The summed E-state index contributed by atoms with van der Waals surface area (Å²) in [5.74, 6) is 7.26. The first-order valence-electron chi connectivity index (χ1n) is 12.8. The van der Waals surface area contributed by atoms with E-state index in [2.05, 4.69) is 21.8 Å². The van der Waals surface area contributed by atoms with Crippen LogP contribution in [0, 0.1) is 11.8 Å². The summed E-state index contributed by atoms with van der Waals surface area (Å²) in [4.78, 5) is 30.3. The number of hydrogen-bond acceptors (Lipinski definition) is 7. The van der Waals surface area contributed by atoms with Crippen molar-refractivity contribution in [2.75, 3.05) is 18.0 Å². The number of fused-ring (bicyclic) bond motifs is 2. The number of rotatable bonds is 5. The molecular weight excluding hydrogens is 476 g/mol. The second-order valence-electron chi connectivity index (χ2n) is 9.49. The number of nitrogens with zero attached hydrogens (tertiary/aromatic N) is 7. The average Bonchev–Trinajstić information content (AvgIpc) is 3.32. The van der Waals surface area contributed by atoms with Crippen molar-refractivity contribution in [3.63, 3.8) is 0 Å². The van der Waals surface area contributed by atoms with Gasteiger partial charge in [-0.15, -0.1) is 5.92 Å². The van der Waals surface area contributed by atoms with Crippen LogP contribution in [0.4, 0.5) is 5.95 Å². The third kappa shape index (κ3) is 4.40. The quantitative estimate of drug-likeness (QED) is 0.366. The number of piperidine rings is 1. The fraction of sp³-hybridized carbons (Fsp3) is 0.276. The molecule has 1 atom stereocenters. The van der Waals surface area contributed by atoms with Crippen molar-refractivity contribution in [1.29, 1.82) is 0 Å². The van der Waals surface area contributed by atoms with Gasteiger partial charge in [0.1, 0.15) is 17.6 Å². The standard InChI is InChI=1S/C29H28N8O/c1-2-3-16-36-27-24(33-29(36)35-15-9-12-21(30)18-35)17-31-37(28(27)38)19-25-32-23-14-8-7-13-22(23)26(34-25)20-10-5-4-6-11-20/h4-8,10-11,13-14,17,21H,9,12,15-16,18-19,30H2,1H3/t21-/m1/s1. The highest BCUT2D eigenvalue weighted by molar-refractivity contribution is 5.92. The summed E-state index contributed by atoms with van der Waals surface area (Å²) in [6.07, 6.45) is 3.60. The van der Waals surface area contributed by atoms with Crippen LogP contribution in [-0.2, 0) is 13.1 Å². The maximum Gasteiger partial charge on any atom is 0.293 e. The lowest BCUT2D eigenvalue weighted by molar-refractivity contribution is 0.496. The van der Waals surface area contributed by atoms with Gasteiger partial charge in [-0.2, -0.15) is 5.10 Å². The van der Waals surface area contributed by atoms with E-state index in [-0.39, 0.29) is 18.1 Å². The van der Waals surface area contributed by atoms with E-state index in [0.717, 1.165) is 41.5 Å². The molecule has 3 aromatic heterocycles. The summed E-state index contributed by atoms with van der Waals surface area (Å²) in [7, 11) is 0. The first-order valence-corrected chi connectivity index (χ1v) is 12.8. The molecule has 1 aliphatic heterocycles. The Morgan fingerprint density at radius 2 is 1.84 bits per heavy atom. The van der Waals surface area contributed by atoms with Gasteiger partial charge in [0.2, 0.25) is 5.95 Å². The predicted molar refractivity (Wildman–Crippen MR) is 149 cm³/mol. The summed E-state index contributed by atoms with van der Waals surface area (Å²) >= 11 is 0. The minimum absolute atomic E-state index is 0.0768. The molecule has 0 spiro atoms. The summed E-state index contributed by atoms with van der Waals surface area (Å²) in [6.45, 7) is 3.81. The van der Waals surface area contributed by atoms with Gasteiger partial charge in [0.15, 0.2) is 5.82 Å². The molecule has 0 aliphatic carbocycles. The molecule has 0 radical (unpaired) electrons. The zero-order valence-corrected chi connectivity index (χ0v) is 21.2. The van der Waals surface area contributed by atoms with Crippen molar-refractivity contribution in [2.24, 2.45) is 5.73 Å². The molecular formula is C29H28N8O. The normalized spacial score (nSPS) is 15.5. The zero-order valence-electron chi connectivity index (χ0n) is 21.2. The smallest absolute Gasteiger partial charge is 0.293 e. The Labute approximate surface area is 220 Å². The maximum atomic E-state index is 13.8. The molecule has 0 amide bonds. The van der Waals surface area contributed by atoms with Gasteiger partial charge in [-0.1, -0.05) is 54.5 Å². The molecule has 0 saturated carbocycles. The Morgan fingerprint density at radius 1 is 1.03 bits per heavy atom. The molecule has 0 unspecified atom stereocenters. The summed E-state index contributed by atoms with van der Waals surface area (Å²) in [5.41, 5.74) is 9.64. The van der Waals surface area contributed by atoms with Crippen LogP contribution >= 0.6 is 0 Å². The van der Waals surface area contributed by atoms with E-state index >= 15 is 0 Å². The molecule has 2 N–H and O–H groups in total. The number of benzene rings is 2. The monoisotopic (exact) mass is 504 g/mol. The minimum Gasteiger partial charge on any atom is -0.341 e. The summed E-state index contributed by atoms with van der Waals surface area (Å²) in [5, 5.41) is 5.41. The van der Waals surface area contributed by atoms with Crippen LogP contribution in [0.1, 0.15) is 25.6 Å². The van der Waals surface area contributed by atoms with Crippen LogP contribution in [0.15, 0.2) is 65.6 Å². The van der Waals surface area contributed by atoms with Crippen LogP contribution in [0.2, 0.25) is 0 Å². The first-order chi connectivity index (χ1) is 18.6. The first kappa shape index (κ1) is 23.8. The predicted octanol–water partition coefficient (Wildman–Crippen LogP) is 3.20. The third-order valence-electron chi connectivity index (χ3n) is 6.87. The van der Waals surface area contributed by atoms with Gasteiger partial charge in [0.05, 0.1) is 24.0 Å². The molecule has 4 heterocycles. The van der Waals surface area contributed by atoms with Crippen LogP contribution in [0.5, 0.6) is 0 Å². The van der Waals surface area contributed by atoms with Gasteiger partial charge in [0, 0.05) is 30.1 Å². The average molecular weight is 505 g/mol. The van der Waals surface area contributed by atoms with Gasteiger partial charge in [-0.3, -0.25) is 9.36 Å². The van der Waals surface area contributed by atoms with Crippen molar-refractivity contribution >= 4 is 27.9 Å². The van der Waals surface area contributed by atoms with E-state index in [9.17, 15) is 4.79 Å². The number of nitrogens with two attached hydrogens (primary N) is 1. The Bertz CT molecular complexity index is 1750. The molecule has 9 nitrogen and oxygen atoms in total. The van der Waals surface area contributed by atoms with Crippen LogP contribution in [-0.4, -0.2) is 48.4 Å². The van der Waals surface area contributed by atoms with E-state index < -0.39 is 0 Å². The second kappa shape index (κ2) is 10.1. The van der Waals surface area contributed by atoms with Crippen LogP contribution in [0.3, 0.4) is 0 Å². The molecule has 38 heavy (non-hydrogen) atoms. The molecule has 190 valence electrons. The van der Waals surface area contributed by atoms with Gasteiger partial charge in [0.25, 0.3) is 5.56 Å². The largest absolute Gasteiger partial charge is 0.341 e. The van der Waals surface area contributed by atoms with E-state index in [0.29, 0.717) is 35.9 Å². The minimum atomic E-state index is -0.251. The number of para-hydroxylation sites is 1. The molecule has 0 bridgehead atoms. The molecule has 1 saturated heterocycles. The molecule has 1 aliphatic rings. The van der Waals surface area contributed by atoms with Gasteiger partial charge in [-0.05, 0) is 25.8 Å². The summed E-state index contributed by atoms with van der Waals surface area (Å²) < 4.78 is 3.30. The fourth-order valence-electron chi connectivity index (χ4n) is 5.07. The van der Waals surface area contributed by atoms with Crippen molar-refractivity contribution in [3.8, 4) is 23.1 Å². The zero-order chi connectivity index (χ0) is 26.1. The SMILES string of the molecule is CC#CCn1c(N2CCC[C@@H](N)C2)nc2cnn(Cc3nc(-c4ccccc4)c4ccccc4n3)c(=O)c21. The van der Waals surface area contributed by atoms with Gasteiger partial charge < -0.3 is 10.6 Å². The number of hydrogen-bond donors (Lipinski definition) is 1. The molecule has 5 aromatic rings. The van der Waals surface area contributed by atoms with Crippen molar-refractivity contribution in [2.45, 2.75) is 38.9 Å². The molecule has 6 rings (SSSR count). The lowest BCUT2D eigenvalue weighted by atomic mass is 10.1. The molecule has 1 fully saturated rings. The van der Waals surface area contributed by atoms with Crippen molar-refractivity contribution in [3.05, 3.63) is 77.0 Å². The highest BCUT2D eigenvalue weighted by atomic mass is 16.1. The Hall–Kier alpha value is -4.55. The van der Waals surface area contributed by atoms with Crippen LogP contribution in [0.25, 0.3) is 33.2 Å². The molecule has 9 heteroatoms. The van der Waals surface area contributed by atoms with E-state index in [1.54, 1.807) is 13.1 Å². The van der Waals surface area contributed by atoms with Crippen molar-refractivity contribution in [1.82, 2.24) is 29.3 Å². The third-order valence-corrected chi connectivity index (χ3v) is 6.87. The lowest BCUT2D eigenvalue weighted by Crippen LogP contribution is -2.44. The Balaban J connectivity index is 1.45. The Morgan fingerprint density at radius 3 is 2.66 bits per heavy atom. The fourth-order valence-corrected chi connectivity index (χ4v) is 5.07. The van der Waals surface area contributed by atoms with Crippen molar-refractivity contribution < 1.29 is 0 Å². The lowest BCUT2D eigenvalue weighted by Gasteiger charge is -2.31.